The summed E-state index contributed by atoms with van der Waals surface area (Å²) >= 11 is 1.85. The summed E-state index contributed by atoms with van der Waals surface area (Å²) in [5.41, 5.74) is 4.81. The number of para-hydroxylation sites is 1. The molecule has 5 nitrogen and oxygen atoms in total. The Kier molecular flexibility index (Phi) is 7.91. The molecule has 2 aromatic carbocycles. The number of hydrogen-bond acceptors (Lipinski definition) is 6. The number of ether oxygens (including phenoxy) is 1. The van der Waals surface area contributed by atoms with E-state index in [1.54, 1.807) is 7.11 Å². The van der Waals surface area contributed by atoms with Gasteiger partial charge in [-0.3, -0.25) is 0 Å². The molecule has 0 saturated carbocycles. The van der Waals surface area contributed by atoms with E-state index in [9.17, 15) is 0 Å². The first-order valence-corrected chi connectivity index (χ1v) is 12.7. The van der Waals surface area contributed by atoms with Crippen LogP contribution in [0.15, 0.2) is 53.5 Å². The second-order valence-corrected chi connectivity index (χ2v) is 10.3. The predicted octanol–water partition coefficient (Wildman–Crippen LogP) is 5.59. The minimum absolute atomic E-state index is 0. The average molecular weight is 497 g/mol. The van der Waals surface area contributed by atoms with Gasteiger partial charge in [0.25, 0.3) is 0 Å². The Morgan fingerprint density at radius 2 is 1.94 bits per heavy atom. The molecule has 1 N–H and O–H groups in total. The number of piperazine rings is 1. The van der Waals surface area contributed by atoms with Crippen molar-refractivity contribution in [1.29, 1.82) is 0 Å². The fourth-order valence-corrected chi connectivity index (χ4v) is 5.67. The van der Waals surface area contributed by atoms with Crippen molar-refractivity contribution in [3.8, 4) is 5.75 Å². The number of aliphatic imine (C=N–C) groups is 1. The normalized spacial score (nSPS) is 17.4. The van der Waals surface area contributed by atoms with Gasteiger partial charge < -0.3 is 15.0 Å². The zero-order valence-corrected chi connectivity index (χ0v) is 21.7. The lowest BCUT2D eigenvalue weighted by atomic mass is 10.0. The quantitative estimate of drug-likeness (QED) is 0.500. The molecule has 1 saturated heterocycles. The van der Waals surface area contributed by atoms with E-state index in [0.29, 0.717) is 12.0 Å². The molecule has 0 unspecified atom stereocenters. The number of nitrogens with zero attached hydrogens (tertiary/aromatic N) is 3. The second-order valence-electron chi connectivity index (χ2n) is 9.20. The van der Waals surface area contributed by atoms with Gasteiger partial charge in [-0.2, -0.15) is 0 Å². The van der Waals surface area contributed by atoms with E-state index in [1.807, 2.05) is 23.5 Å². The van der Waals surface area contributed by atoms with Crippen molar-refractivity contribution in [2.45, 2.75) is 45.1 Å². The highest BCUT2D eigenvalue weighted by Gasteiger charge is 2.29. The maximum absolute atomic E-state index is 5.29. The fourth-order valence-electron chi connectivity index (χ4n) is 4.59. The maximum Gasteiger partial charge on any atom is 0.156 e. The fraction of sp³-hybridized carbons (Fsp3) is 0.407. The summed E-state index contributed by atoms with van der Waals surface area (Å²) in [4.78, 5) is 14.1. The van der Waals surface area contributed by atoms with Crippen LogP contribution in [0.3, 0.4) is 0 Å². The monoisotopic (exact) mass is 496 g/mol. The Morgan fingerprint density at radius 3 is 2.71 bits per heavy atom. The standard InChI is InChI=1S/C27H32N4OS.ClH/c1-18(2)27-30-25-24(33-27)16-20-6-4-5-7-23(20)29-26(25)31-15-14-28-21(17-31)11-8-19-9-12-22(32-3)13-10-19;/h4-7,9-10,12-13,18,21,28H,8,11,14-17H2,1-3H3;1H/t21-;/m0./s1. The van der Waals surface area contributed by atoms with Crippen LogP contribution in [0, 0.1) is 0 Å². The molecule has 0 aliphatic carbocycles. The summed E-state index contributed by atoms with van der Waals surface area (Å²) in [5.74, 6) is 2.39. The van der Waals surface area contributed by atoms with E-state index in [0.717, 1.165) is 61.9 Å². The second kappa shape index (κ2) is 10.9. The molecular weight excluding hydrogens is 464 g/mol. The molecule has 1 atom stereocenters. The molecule has 1 fully saturated rings. The van der Waals surface area contributed by atoms with Crippen LogP contribution in [0.4, 0.5) is 5.69 Å². The Hall–Kier alpha value is -2.41. The third-order valence-corrected chi connectivity index (χ3v) is 7.84. The van der Waals surface area contributed by atoms with Gasteiger partial charge in [0, 0.05) is 42.9 Å². The highest BCUT2D eigenvalue weighted by molar-refractivity contribution is 7.12. The van der Waals surface area contributed by atoms with E-state index >= 15 is 0 Å². The van der Waals surface area contributed by atoms with Crippen LogP contribution in [0.2, 0.25) is 0 Å². The van der Waals surface area contributed by atoms with Crippen LogP contribution in [0.5, 0.6) is 5.75 Å². The number of aromatic nitrogens is 1. The van der Waals surface area contributed by atoms with E-state index in [2.05, 4.69) is 60.5 Å². The van der Waals surface area contributed by atoms with E-state index < -0.39 is 0 Å². The maximum atomic E-state index is 5.29. The number of aryl methyl sites for hydroxylation is 1. The van der Waals surface area contributed by atoms with Crippen molar-refractivity contribution in [3.63, 3.8) is 0 Å². The molecule has 0 amide bonds. The van der Waals surface area contributed by atoms with Gasteiger partial charge in [0.1, 0.15) is 11.4 Å². The Balaban J connectivity index is 0.00000274. The van der Waals surface area contributed by atoms with Crippen molar-refractivity contribution in [2.75, 3.05) is 26.7 Å². The SMILES string of the molecule is COc1ccc(CC[C@H]2CN(C3=Nc4ccccc4Cc4sc(C(C)C)nc43)CCN2)cc1.Cl. The highest BCUT2D eigenvalue weighted by atomic mass is 35.5. The molecule has 1 aromatic heterocycles. The van der Waals surface area contributed by atoms with Gasteiger partial charge in [0.15, 0.2) is 5.84 Å². The summed E-state index contributed by atoms with van der Waals surface area (Å²) in [7, 11) is 1.71. The van der Waals surface area contributed by atoms with E-state index in [-0.39, 0.29) is 12.4 Å². The third kappa shape index (κ3) is 5.29. The first-order chi connectivity index (χ1) is 16.1. The first-order valence-electron chi connectivity index (χ1n) is 11.9. The average Bonchev–Trinajstić information content (AvgIpc) is 3.20. The van der Waals surface area contributed by atoms with Gasteiger partial charge >= 0.3 is 0 Å². The predicted molar refractivity (Wildman–Crippen MR) is 144 cm³/mol. The summed E-state index contributed by atoms with van der Waals surface area (Å²) in [5, 5.41) is 4.93. The number of nitrogens with one attached hydrogen (secondary N) is 1. The largest absolute Gasteiger partial charge is 0.497 e. The van der Waals surface area contributed by atoms with Crippen molar-refractivity contribution >= 4 is 35.3 Å². The molecule has 180 valence electrons. The molecule has 3 heterocycles. The van der Waals surface area contributed by atoms with E-state index in [4.69, 9.17) is 14.7 Å². The van der Waals surface area contributed by atoms with E-state index in [1.165, 1.54) is 21.0 Å². The summed E-state index contributed by atoms with van der Waals surface area (Å²) in [6.45, 7) is 7.31. The Morgan fingerprint density at radius 1 is 1.15 bits per heavy atom. The van der Waals surface area contributed by atoms with Gasteiger partial charge in [-0.15, -0.1) is 23.7 Å². The molecule has 5 rings (SSSR count). The Labute approximate surface area is 212 Å². The van der Waals surface area contributed by atoms with Crippen LogP contribution in [0.25, 0.3) is 0 Å². The van der Waals surface area contributed by atoms with Gasteiger partial charge in [-0.25, -0.2) is 9.98 Å². The molecular formula is C27H33ClN4OS. The van der Waals surface area contributed by atoms with Gasteiger partial charge in [0.2, 0.25) is 0 Å². The van der Waals surface area contributed by atoms with Crippen LogP contribution in [0.1, 0.15) is 52.9 Å². The number of halogens is 1. The Bertz CT molecular complexity index is 1140. The third-order valence-electron chi connectivity index (χ3n) is 6.48. The lowest BCUT2D eigenvalue weighted by Crippen LogP contribution is -2.53. The smallest absolute Gasteiger partial charge is 0.156 e. The van der Waals surface area contributed by atoms with Crippen molar-refractivity contribution < 1.29 is 4.74 Å². The first kappa shape index (κ1) is 24.7. The molecule has 0 radical (unpaired) electrons. The highest BCUT2D eigenvalue weighted by Crippen LogP contribution is 2.34. The summed E-state index contributed by atoms with van der Waals surface area (Å²) in [6.07, 6.45) is 3.05. The topological polar surface area (TPSA) is 49.8 Å². The number of rotatable bonds is 5. The molecule has 2 aliphatic rings. The molecule has 34 heavy (non-hydrogen) atoms. The minimum atomic E-state index is 0. The molecule has 0 spiro atoms. The number of methoxy groups -OCH3 is 1. The number of amidine groups is 1. The number of fused-ring (bicyclic) bond motifs is 2. The zero-order valence-electron chi connectivity index (χ0n) is 20.1. The van der Waals surface area contributed by atoms with Crippen molar-refractivity contribution in [2.24, 2.45) is 4.99 Å². The van der Waals surface area contributed by atoms with Gasteiger partial charge in [-0.05, 0) is 42.2 Å². The van der Waals surface area contributed by atoms with Crippen molar-refractivity contribution in [3.05, 3.63) is 75.2 Å². The van der Waals surface area contributed by atoms with Gasteiger partial charge in [-0.1, -0.05) is 44.2 Å². The summed E-state index contributed by atoms with van der Waals surface area (Å²) in [6, 6.07) is 17.4. The minimum Gasteiger partial charge on any atom is -0.497 e. The van der Waals surface area contributed by atoms with Crippen LogP contribution >= 0.6 is 23.7 Å². The number of benzene rings is 2. The van der Waals surface area contributed by atoms with Crippen LogP contribution in [-0.4, -0.2) is 48.5 Å². The lowest BCUT2D eigenvalue weighted by Gasteiger charge is -2.35. The molecule has 7 heteroatoms. The molecule has 2 aliphatic heterocycles. The number of thiazole rings is 1. The number of hydrogen-bond donors (Lipinski definition) is 1. The summed E-state index contributed by atoms with van der Waals surface area (Å²) < 4.78 is 5.29. The zero-order chi connectivity index (χ0) is 22.8. The molecule has 0 bridgehead atoms. The van der Waals surface area contributed by atoms with Gasteiger partial charge in [0.05, 0.1) is 17.8 Å². The van der Waals surface area contributed by atoms with Crippen molar-refractivity contribution in [1.82, 2.24) is 15.2 Å². The lowest BCUT2D eigenvalue weighted by molar-refractivity contribution is 0.282. The van der Waals surface area contributed by atoms with Crippen LogP contribution < -0.4 is 10.1 Å². The molecule has 3 aromatic rings. The van der Waals surface area contributed by atoms with Crippen LogP contribution in [-0.2, 0) is 12.8 Å².